The summed E-state index contributed by atoms with van der Waals surface area (Å²) in [6.45, 7) is 5.65. The Kier molecular flexibility index (Phi) is 4.92. The van der Waals surface area contributed by atoms with E-state index in [4.69, 9.17) is 4.74 Å². The molecule has 2 rings (SSSR count). The fourth-order valence-electron chi connectivity index (χ4n) is 2.14. The van der Waals surface area contributed by atoms with Crippen LogP contribution in [0.2, 0.25) is 0 Å². The average molecular weight is 332 g/mol. The molecule has 0 aromatic heterocycles. The van der Waals surface area contributed by atoms with E-state index in [1.165, 1.54) is 17.0 Å². The second-order valence-corrected chi connectivity index (χ2v) is 5.63. The van der Waals surface area contributed by atoms with Gasteiger partial charge in [0, 0.05) is 13.1 Å². The highest BCUT2D eigenvalue weighted by atomic mass is 16.5. The van der Waals surface area contributed by atoms with Gasteiger partial charge in [-0.15, -0.1) is 0 Å². The second-order valence-electron chi connectivity index (χ2n) is 5.63. The number of phenolic OH excluding ortho intramolecular Hbond substituents is 1. The van der Waals surface area contributed by atoms with Gasteiger partial charge in [-0.1, -0.05) is 6.07 Å². The molecule has 0 radical (unpaired) electrons. The van der Waals surface area contributed by atoms with Gasteiger partial charge in [0.1, 0.15) is 5.69 Å². The van der Waals surface area contributed by atoms with Crippen LogP contribution in [0.5, 0.6) is 11.5 Å². The molecule has 0 spiro atoms. The zero-order valence-corrected chi connectivity index (χ0v) is 14.0. The van der Waals surface area contributed by atoms with Crippen LogP contribution in [0.3, 0.4) is 0 Å². The minimum atomic E-state index is -0.714. The molecule has 0 bridgehead atoms. The summed E-state index contributed by atoms with van der Waals surface area (Å²) in [5.41, 5.74) is -1.17. The summed E-state index contributed by atoms with van der Waals surface area (Å²) in [5.74, 6) is -0.690. The Morgan fingerprint density at radius 1 is 1.29 bits per heavy atom. The molecule has 2 aromatic rings. The molecule has 7 heteroatoms. The normalized spacial score (nSPS) is 10.9. The number of anilines is 2. The number of amides is 1. The fourth-order valence-corrected chi connectivity index (χ4v) is 2.14. The van der Waals surface area contributed by atoms with Crippen molar-refractivity contribution in [3.8, 4) is 11.5 Å². The monoisotopic (exact) mass is 332 g/mol. The van der Waals surface area contributed by atoms with Gasteiger partial charge in [0.15, 0.2) is 11.5 Å². The van der Waals surface area contributed by atoms with E-state index < -0.39 is 10.9 Å². The minimum Gasteiger partial charge on any atom is -0.505 e. The van der Waals surface area contributed by atoms with Crippen LogP contribution in [0.4, 0.5) is 11.4 Å². The predicted octanol–water partition coefficient (Wildman–Crippen LogP) is 1.61. The summed E-state index contributed by atoms with van der Waals surface area (Å²) in [6.07, 6.45) is 0. The van der Waals surface area contributed by atoms with E-state index in [1.54, 1.807) is 20.0 Å². The molecule has 0 unspecified atom stereocenters. The summed E-state index contributed by atoms with van der Waals surface area (Å²) < 4.78 is 5.12. The van der Waals surface area contributed by atoms with Crippen LogP contribution in [-0.2, 0) is 0 Å². The smallest absolute Gasteiger partial charge is 0.272 e. The average Bonchev–Trinajstić information content (AvgIpc) is 2.57. The summed E-state index contributed by atoms with van der Waals surface area (Å²) in [4.78, 5) is 37.0. The Bertz CT molecular complexity index is 834. The van der Waals surface area contributed by atoms with E-state index in [9.17, 15) is 19.5 Å². The number of rotatable bonds is 6. The van der Waals surface area contributed by atoms with Crippen molar-refractivity contribution in [3.05, 3.63) is 44.2 Å². The summed E-state index contributed by atoms with van der Waals surface area (Å²) in [5, 5.41) is 13.0. The van der Waals surface area contributed by atoms with Crippen molar-refractivity contribution in [2.75, 3.05) is 19.0 Å². The first-order chi connectivity index (χ1) is 11.3. The molecule has 128 valence electrons. The number of aromatic hydroxyl groups is 1. The SMILES string of the molecule is CCOc1c(Nc2cccc(C(=O)N(C)C(C)C)c2O)c(=O)c1=O. The van der Waals surface area contributed by atoms with Crippen molar-refractivity contribution >= 4 is 17.3 Å². The molecule has 24 heavy (non-hydrogen) atoms. The van der Waals surface area contributed by atoms with Crippen LogP contribution in [-0.4, -0.2) is 35.6 Å². The highest BCUT2D eigenvalue weighted by Crippen LogP contribution is 2.32. The zero-order chi connectivity index (χ0) is 18.0. The van der Waals surface area contributed by atoms with Gasteiger partial charge in [-0.05, 0) is 32.9 Å². The van der Waals surface area contributed by atoms with Crippen LogP contribution in [0.25, 0.3) is 0 Å². The largest absolute Gasteiger partial charge is 0.505 e. The number of carbonyl (C=O) groups is 1. The quantitative estimate of drug-likeness (QED) is 0.616. The number of para-hydroxylation sites is 1. The Morgan fingerprint density at radius 3 is 2.54 bits per heavy atom. The molecule has 0 saturated heterocycles. The number of ether oxygens (including phenoxy) is 1. The third-order valence-electron chi connectivity index (χ3n) is 3.78. The van der Waals surface area contributed by atoms with Crippen molar-refractivity contribution in [3.63, 3.8) is 0 Å². The zero-order valence-electron chi connectivity index (χ0n) is 14.0. The van der Waals surface area contributed by atoms with E-state index in [-0.39, 0.29) is 47.0 Å². The van der Waals surface area contributed by atoms with E-state index in [0.717, 1.165) is 0 Å². The lowest BCUT2D eigenvalue weighted by Crippen LogP contribution is -2.35. The standard InChI is InChI=1S/C17H20N2O5/c1-5-24-16-12(14(21)15(16)22)18-11-8-6-7-10(13(11)20)17(23)19(4)9(2)3/h6-9,18,20H,5H2,1-4H3. The molecule has 7 nitrogen and oxygen atoms in total. The highest BCUT2D eigenvalue weighted by Gasteiger charge is 2.25. The summed E-state index contributed by atoms with van der Waals surface area (Å²) in [6, 6.07) is 4.54. The van der Waals surface area contributed by atoms with Crippen molar-refractivity contribution in [1.29, 1.82) is 0 Å². The van der Waals surface area contributed by atoms with Crippen LogP contribution in [0.1, 0.15) is 31.1 Å². The van der Waals surface area contributed by atoms with Gasteiger partial charge >= 0.3 is 0 Å². The van der Waals surface area contributed by atoms with Gasteiger partial charge in [-0.3, -0.25) is 14.4 Å². The van der Waals surface area contributed by atoms with Crippen LogP contribution < -0.4 is 20.9 Å². The van der Waals surface area contributed by atoms with Crippen molar-refractivity contribution < 1.29 is 14.6 Å². The van der Waals surface area contributed by atoms with Crippen LogP contribution in [0.15, 0.2) is 27.8 Å². The fraction of sp³-hybridized carbons (Fsp3) is 0.353. The number of carbonyl (C=O) groups excluding carboxylic acids is 1. The van der Waals surface area contributed by atoms with Gasteiger partial charge in [0.2, 0.25) is 0 Å². The molecule has 0 heterocycles. The van der Waals surface area contributed by atoms with Crippen molar-refractivity contribution in [1.82, 2.24) is 4.90 Å². The van der Waals surface area contributed by atoms with Gasteiger partial charge in [-0.25, -0.2) is 0 Å². The molecule has 0 fully saturated rings. The van der Waals surface area contributed by atoms with Crippen LogP contribution >= 0.6 is 0 Å². The van der Waals surface area contributed by atoms with Gasteiger partial charge in [0.05, 0.1) is 17.9 Å². The number of nitrogens with one attached hydrogen (secondary N) is 1. The predicted molar refractivity (Wildman–Crippen MR) is 91.1 cm³/mol. The lowest BCUT2D eigenvalue weighted by molar-refractivity contribution is 0.0752. The molecule has 0 atom stereocenters. The molecule has 2 aromatic carbocycles. The molecule has 2 N–H and O–H groups in total. The Morgan fingerprint density at radius 2 is 1.96 bits per heavy atom. The number of phenols is 1. The molecule has 0 aliphatic carbocycles. The Balaban J connectivity index is 2.36. The van der Waals surface area contributed by atoms with Crippen LogP contribution in [0, 0.1) is 0 Å². The lowest BCUT2D eigenvalue weighted by Gasteiger charge is -2.22. The van der Waals surface area contributed by atoms with E-state index >= 15 is 0 Å². The number of benzene rings is 1. The first-order valence-electron chi connectivity index (χ1n) is 7.61. The maximum atomic E-state index is 12.4. The van der Waals surface area contributed by atoms with Gasteiger partial charge < -0.3 is 20.1 Å². The van der Waals surface area contributed by atoms with E-state index in [2.05, 4.69) is 5.32 Å². The number of hydrogen-bond donors (Lipinski definition) is 2. The molecular weight excluding hydrogens is 312 g/mol. The number of nitrogens with zero attached hydrogens (tertiary/aromatic N) is 1. The van der Waals surface area contributed by atoms with Crippen molar-refractivity contribution in [2.45, 2.75) is 26.8 Å². The van der Waals surface area contributed by atoms with Gasteiger partial charge in [-0.2, -0.15) is 0 Å². The van der Waals surface area contributed by atoms with Crippen molar-refractivity contribution in [2.24, 2.45) is 0 Å². The first-order valence-corrected chi connectivity index (χ1v) is 7.61. The molecule has 0 aliphatic heterocycles. The van der Waals surface area contributed by atoms with Gasteiger partial charge in [0.25, 0.3) is 16.8 Å². The molecule has 0 aliphatic rings. The third kappa shape index (κ3) is 2.97. The second kappa shape index (κ2) is 6.74. The lowest BCUT2D eigenvalue weighted by atomic mass is 10.1. The Hall–Kier alpha value is -2.83. The minimum absolute atomic E-state index is 0.0148. The molecule has 0 saturated carbocycles. The maximum absolute atomic E-state index is 12.4. The number of hydrogen-bond acceptors (Lipinski definition) is 6. The maximum Gasteiger partial charge on any atom is 0.272 e. The topological polar surface area (TPSA) is 95.9 Å². The Labute approximate surface area is 139 Å². The van der Waals surface area contributed by atoms with E-state index in [0.29, 0.717) is 0 Å². The first kappa shape index (κ1) is 17.5. The summed E-state index contributed by atoms with van der Waals surface area (Å²) in [7, 11) is 1.64. The third-order valence-corrected chi connectivity index (χ3v) is 3.78. The molecular formula is C17H20N2O5. The summed E-state index contributed by atoms with van der Waals surface area (Å²) >= 11 is 0. The molecule has 1 amide bonds. The van der Waals surface area contributed by atoms with E-state index in [1.807, 2.05) is 13.8 Å². The highest BCUT2D eigenvalue weighted by molar-refractivity contribution is 5.99.